The highest BCUT2D eigenvalue weighted by Gasteiger charge is 2.29. The maximum absolute atomic E-state index is 13.3. The Bertz CT molecular complexity index is 966. The maximum atomic E-state index is 13.3. The fraction of sp³-hybridized carbons (Fsp3) is 0.250. The number of carbonyl (C=O) groups is 1. The van der Waals surface area contributed by atoms with Crippen LogP contribution in [0.5, 0.6) is 11.6 Å². The Kier molecular flexibility index (Phi) is 5.21. The van der Waals surface area contributed by atoms with Crippen LogP contribution in [-0.2, 0) is 0 Å². The molecule has 0 saturated carbocycles. The lowest BCUT2D eigenvalue weighted by Gasteiger charge is -2.40. The average Bonchev–Trinajstić information content (AvgIpc) is 3.22. The van der Waals surface area contributed by atoms with Crippen molar-refractivity contribution in [3.63, 3.8) is 0 Å². The standard InChI is InChI=1S/C20H19FN4O2S/c1-14-12-24(7-8-25(14)20(26)17-6-3-9-28-17)18-11-19(23-13-22-18)27-16-5-2-4-15(21)10-16/h2-6,9-11,13-14H,7-8,12H2,1H3/t14-/m1/s1. The molecule has 0 radical (unpaired) electrons. The van der Waals surface area contributed by atoms with Gasteiger partial charge in [-0.25, -0.2) is 14.4 Å². The van der Waals surface area contributed by atoms with E-state index in [1.54, 1.807) is 18.2 Å². The van der Waals surface area contributed by atoms with Crippen molar-refractivity contribution in [2.24, 2.45) is 0 Å². The van der Waals surface area contributed by atoms with Gasteiger partial charge in [0, 0.05) is 37.8 Å². The number of ether oxygens (including phenoxy) is 1. The molecule has 1 aliphatic rings. The Morgan fingerprint density at radius 3 is 2.86 bits per heavy atom. The highest BCUT2D eigenvalue weighted by Crippen LogP contribution is 2.25. The summed E-state index contributed by atoms with van der Waals surface area (Å²) in [6, 6.07) is 11.4. The van der Waals surface area contributed by atoms with Crippen LogP contribution in [0, 0.1) is 5.82 Å². The molecule has 1 fully saturated rings. The molecule has 1 atom stereocenters. The molecule has 28 heavy (non-hydrogen) atoms. The second kappa shape index (κ2) is 7.93. The van der Waals surface area contributed by atoms with Crippen LogP contribution < -0.4 is 9.64 Å². The van der Waals surface area contributed by atoms with Gasteiger partial charge in [-0.1, -0.05) is 12.1 Å². The van der Waals surface area contributed by atoms with E-state index in [2.05, 4.69) is 14.9 Å². The largest absolute Gasteiger partial charge is 0.439 e. The zero-order valence-corrected chi connectivity index (χ0v) is 16.1. The quantitative estimate of drug-likeness (QED) is 0.669. The first-order valence-electron chi connectivity index (χ1n) is 8.95. The van der Waals surface area contributed by atoms with Gasteiger partial charge in [-0.3, -0.25) is 4.79 Å². The summed E-state index contributed by atoms with van der Waals surface area (Å²) in [4.78, 5) is 25.8. The molecule has 144 valence electrons. The van der Waals surface area contributed by atoms with Crippen molar-refractivity contribution in [3.8, 4) is 11.6 Å². The van der Waals surface area contributed by atoms with E-state index in [0.29, 0.717) is 31.3 Å². The third kappa shape index (κ3) is 3.96. The van der Waals surface area contributed by atoms with Gasteiger partial charge in [0.25, 0.3) is 5.91 Å². The average molecular weight is 398 g/mol. The van der Waals surface area contributed by atoms with Gasteiger partial charge < -0.3 is 14.5 Å². The second-order valence-electron chi connectivity index (χ2n) is 6.54. The smallest absolute Gasteiger partial charge is 0.264 e. The summed E-state index contributed by atoms with van der Waals surface area (Å²) in [6.07, 6.45) is 1.43. The van der Waals surface area contributed by atoms with Gasteiger partial charge in [0.1, 0.15) is 23.7 Å². The van der Waals surface area contributed by atoms with Gasteiger partial charge in [-0.15, -0.1) is 11.3 Å². The molecular formula is C20H19FN4O2S. The van der Waals surface area contributed by atoms with Crippen LogP contribution >= 0.6 is 11.3 Å². The van der Waals surface area contributed by atoms with Crippen molar-refractivity contribution in [1.29, 1.82) is 0 Å². The summed E-state index contributed by atoms with van der Waals surface area (Å²) in [5.74, 6) is 1.15. The third-order valence-corrected chi connectivity index (χ3v) is 5.45. The minimum absolute atomic E-state index is 0.0471. The number of hydrogen-bond acceptors (Lipinski definition) is 6. The number of nitrogens with zero attached hydrogens (tertiary/aromatic N) is 4. The lowest BCUT2D eigenvalue weighted by molar-refractivity contribution is 0.0678. The lowest BCUT2D eigenvalue weighted by Crippen LogP contribution is -2.54. The number of thiophene rings is 1. The second-order valence-corrected chi connectivity index (χ2v) is 7.49. The minimum atomic E-state index is -0.368. The highest BCUT2D eigenvalue weighted by atomic mass is 32.1. The summed E-state index contributed by atoms with van der Waals surface area (Å²) in [6.45, 7) is 3.97. The van der Waals surface area contributed by atoms with E-state index in [-0.39, 0.29) is 17.8 Å². The van der Waals surface area contributed by atoms with Crippen LogP contribution in [0.3, 0.4) is 0 Å². The number of anilines is 1. The van der Waals surface area contributed by atoms with E-state index in [9.17, 15) is 9.18 Å². The SMILES string of the molecule is C[C@@H]1CN(c2cc(Oc3cccc(F)c3)ncn2)CCN1C(=O)c1cccs1. The predicted octanol–water partition coefficient (Wildman–Crippen LogP) is 3.82. The van der Waals surface area contributed by atoms with Crippen LogP contribution in [0.1, 0.15) is 16.6 Å². The molecule has 8 heteroatoms. The number of piperazine rings is 1. The monoisotopic (exact) mass is 398 g/mol. The van der Waals surface area contributed by atoms with Crippen molar-refractivity contribution in [1.82, 2.24) is 14.9 Å². The summed E-state index contributed by atoms with van der Waals surface area (Å²) in [7, 11) is 0. The fourth-order valence-electron chi connectivity index (χ4n) is 3.22. The maximum Gasteiger partial charge on any atom is 0.264 e. The Morgan fingerprint density at radius 1 is 1.21 bits per heavy atom. The van der Waals surface area contributed by atoms with Crippen LogP contribution in [0.15, 0.2) is 54.2 Å². The van der Waals surface area contributed by atoms with Crippen molar-refractivity contribution < 1.29 is 13.9 Å². The normalized spacial score (nSPS) is 16.9. The van der Waals surface area contributed by atoms with Gasteiger partial charge in [0.2, 0.25) is 5.88 Å². The molecule has 1 aliphatic heterocycles. The van der Waals surface area contributed by atoms with Crippen LogP contribution in [-0.4, -0.2) is 46.5 Å². The molecule has 0 unspecified atom stereocenters. The molecule has 1 aromatic carbocycles. The molecule has 0 spiro atoms. The molecule has 3 heterocycles. The predicted molar refractivity (Wildman–Crippen MR) is 106 cm³/mol. The molecule has 0 bridgehead atoms. The molecule has 0 aliphatic carbocycles. The van der Waals surface area contributed by atoms with Crippen molar-refractivity contribution in [2.45, 2.75) is 13.0 Å². The first-order valence-corrected chi connectivity index (χ1v) is 9.83. The van der Waals surface area contributed by atoms with Crippen LogP contribution in [0.2, 0.25) is 0 Å². The molecule has 2 aromatic heterocycles. The van der Waals surface area contributed by atoms with E-state index in [1.807, 2.05) is 29.3 Å². The number of carbonyl (C=O) groups excluding carboxylic acids is 1. The van der Waals surface area contributed by atoms with Crippen molar-refractivity contribution in [2.75, 3.05) is 24.5 Å². The van der Waals surface area contributed by atoms with E-state index in [4.69, 9.17) is 4.74 Å². The minimum Gasteiger partial charge on any atom is -0.439 e. The lowest BCUT2D eigenvalue weighted by atomic mass is 10.2. The third-order valence-electron chi connectivity index (χ3n) is 4.59. The van der Waals surface area contributed by atoms with E-state index < -0.39 is 0 Å². The zero-order chi connectivity index (χ0) is 19.5. The van der Waals surface area contributed by atoms with E-state index in [1.165, 1.54) is 29.8 Å². The van der Waals surface area contributed by atoms with Crippen LogP contribution in [0.4, 0.5) is 10.2 Å². The van der Waals surface area contributed by atoms with E-state index >= 15 is 0 Å². The number of benzene rings is 1. The van der Waals surface area contributed by atoms with Gasteiger partial charge in [0.15, 0.2) is 0 Å². The van der Waals surface area contributed by atoms with Gasteiger partial charge in [-0.2, -0.15) is 0 Å². The molecule has 4 rings (SSSR count). The highest BCUT2D eigenvalue weighted by molar-refractivity contribution is 7.12. The summed E-state index contributed by atoms with van der Waals surface area (Å²) in [5.41, 5.74) is 0. The number of amides is 1. The topological polar surface area (TPSA) is 58.6 Å². The molecule has 6 nitrogen and oxygen atoms in total. The number of halogens is 1. The first-order chi connectivity index (χ1) is 13.6. The van der Waals surface area contributed by atoms with Gasteiger partial charge >= 0.3 is 0 Å². The molecule has 3 aromatic rings. The summed E-state index contributed by atoms with van der Waals surface area (Å²) >= 11 is 1.46. The summed E-state index contributed by atoms with van der Waals surface area (Å²) in [5, 5.41) is 1.91. The Morgan fingerprint density at radius 2 is 2.11 bits per heavy atom. The zero-order valence-electron chi connectivity index (χ0n) is 15.3. The van der Waals surface area contributed by atoms with Crippen molar-refractivity contribution in [3.05, 3.63) is 64.9 Å². The van der Waals surface area contributed by atoms with Crippen LogP contribution in [0.25, 0.3) is 0 Å². The molecule has 0 N–H and O–H groups in total. The van der Waals surface area contributed by atoms with Gasteiger partial charge in [-0.05, 0) is 30.5 Å². The Hall–Kier alpha value is -3.00. The van der Waals surface area contributed by atoms with Crippen molar-refractivity contribution >= 4 is 23.1 Å². The fourth-order valence-corrected chi connectivity index (χ4v) is 3.90. The molecule has 1 saturated heterocycles. The van der Waals surface area contributed by atoms with Gasteiger partial charge in [0.05, 0.1) is 4.88 Å². The number of rotatable bonds is 4. The number of hydrogen-bond donors (Lipinski definition) is 0. The van der Waals surface area contributed by atoms with E-state index in [0.717, 1.165) is 10.7 Å². The number of aromatic nitrogens is 2. The molecule has 1 amide bonds. The molecular weight excluding hydrogens is 379 g/mol. The summed E-state index contributed by atoms with van der Waals surface area (Å²) < 4.78 is 19.0. The Labute approximate surface area is 166 Å². The first kappa shape index (κ1) is 18.4. The Balaban J connectivity index is 1.45.